The van der Waals surface area contributed by atoms with Gasteiger partial charge in [0.05, 0.1) is 0 Å². The zero-order valence-electron chi connectivity index (χ0n) is 9.68. The lowest BCUT2D eigenvalue weighted by Crippen LogP contribution is -1.94. The molecule has 0 unspecified atom stereocenters. The highest BCUT2D eigenvalue weighted by molar-refractivity contribution is 9.06. The van der Waals surface area contributed by atoms with Gasteiger partial charge in [-0.05, 0) is 40.0 Å². The second-order valence-corrected chi connectivity index (χ2v) is 4.18. The third-order valence-corrected chi connectivity index (χ3v) is 2.38. The van der Waals surface area contributed by atoms with Gasteiger partial charge in [-0.25, -0.2) is 0 Å². The number of allylic oxidation sites excluding steroid dienone is 4. The van der Waals surface area contributed by atoms with Crippen LogP contribution in [0.4, 0.5) is 0 Å². The molecule has 15 heavy (non-hydrogen) atoms. The molecule has 0 aliphatic heterocycles. The number of halogens is 1. The lowest BCUT2D eigenvalue weighted by atomic mass is 10.1. The van der Waals surface area contributed by atoms with Gasteiger partial charge in [0, 0.05) is 6.42 Å². The van der Waals surface area contributed by atoms with E-state index in [1.165, 1.54) is 11.1 Å². The third kappa shape index (κ3) is 9.73. The van der Waals surface area contributed by atoms with Crippen LogP contribution in [-0.2, 0) is 8.62 Å². The summed E-state index contributed by atoms with van der Waals surface area (Å²) in [5.74, 6) is -0.219. The lowest BCUT2D eigenvalue weighted by molar-refractivity contribution is -0.132. The van der Waals surface area contributed by atoms with Crippen molar-refractivity contribution in [1.82, 2.24) is 0 Å². The van der Waals surface area contributed by atoms with Crippen molar-refractivity contribution < 1.29 is 8.62 Å². The van der Waals surface area contributed by atoms with Gasteiger partial charge in [0.2, 0.25) is 0 Å². The van der Waals surface area contributed by atoms with E-state index >= 15 is 0 Å². The molecule has 0 saturated heterocycles. The number of rotatable bonds is 6. The van der Waals surface area contributed by atoms with E-state index in [4.69, 9.17) is 0 Å². The lowest BCUT2D eigenvalue weighted by Gasteiger charge is -1.98. The molecule has 0 fully saturated rings. The van der Waals surface area contributed by atoms with Crippen LogP contribution in [0, 0.1) is 0 Å². The standard InChI is InChI=1S/C12H19BrO2/c1-10(2)6-4-7-11(3)8-5-9-12(14)15-13/h6,8H,4-5,7,9H2,1-3H3. The second kappa shape index (κ2) is 8.72. The Morgan fingerprint density at radius 3 is 2.27 bits per heavy atom. The molecule has 0 aromatic carbocycles. The molecular weight excluding hydrogens is 256 g/mol. The molecule has 0 aromatic rings. The Hall–Kier alpha value is -0.570. The number of hydrogen-bond donors (Lipinski definition) is 0. The molecule has 2 nitrogen and oxygen atoms in total. The van der Waals surface area contributed by atoms with Crippen molar-refractivity contribution in [3.05, 3.63) is 23.3 Å². The largest absolute Gasteiger partial charge is 0.384 e. The maximum atomic E-state index is 10.8. The minimum atomic E-state index is -0.219. The summed E-state index contributed by atoms with van der Waals surface area (Å²) in [6.07, 6.45) is 7.66. The topological polar surface area (TPSA) is 26.3 Å². The van der Waals surface area contributed by atoms with Gasteiger partial charge in [0.15, 0.2) is 16.3 Å². The second-order valence-electron chi connectivity index (χ2n) is 3.86. The van der Waals surface area contributed by atoms with Crippen LogP contribution in [0.5, 0.6) is 0 Å². The first kappa shape index (κ1) is 14.4. The van der Waals surface area contributed by atoms with E-state index in [1.54, 1.807) is 0 Å². The summed E-state index contributed by atoms with van der Waals surface area (Å²) in [5.41, 5.74) is 2.68. The van der Waals surface area contributed by atoms with E-state index in [2.05, 4.69) is 53.0 Å². The molecule has 0 spiro atoms. The van der Waals surface area contributed by atoms with Crippen LogP contribution in [0.15, 0.2) is 23.3 Å². The average Bonchev–Trinajstić information content (AvgIpc) is 2.17. The molecule has 0 heterocycles. The predicted octanol–water partition coefficient (Wildman–Crippen LogP) is 4.31. The Balaban J connectivity index is 3.70. The van der Waals surface area contributed by atoms with Crippen molar-refractivity contribution in [2.24, 2.45) is 0 Å². The van der Waals surface area contributed by atoms with Crippen molar-refractivity contribution in [3.8, 4) is 0 Å². The van der Waals surface area contributed by atoms with Crippen LogP contribution in [-0.4, -0.2) is 5.97 Å². The van der Waals surface area contributed by atoms with Gasteiger partial charge in [0.1, 0.15) is 0 Å². The third-order valence-electron chi connectivity index (χ3n) is 2.02. The van der Waals surface area contributed by atoms with Crippen molar-refractivity contribution >= 4 is 22.2 Å². The minimum absolute atomic E-state index is 0.219. The summed E-state index contributed by atoms with van der Waals surface area (Å²) < 4.78 is 4.38. The van der Waals surface area contributed by atoms with Crippen LogP contribution in [0.3, 0.4) is 0 Å². The Morgan fingerprint density at radius 2 is 1.73 bits per heavy atom. The van der Waals surface area contributed by atoms with E-state index in [0.29, 0.717) is 6.42 Å². The fourth-order valence-electron chi connectivity index (χ4n) is 1.17. The van der Waals surface area contributed by atoms with Crippen LogP contribution in [0.1, 0.15) is 46.5 Å². The van der Waals surface area contributed by atoms with Crippen molar-refractivity contribution in [2.45, 2.75) is 46.5 Å². The van der Waals surface area contributed by atoms with E-state index < -0.39 is 0 Å². The van der Waals surface area contributed by atoms with Crippen LogP contribution in [0.25, 0.3) is 0 Å². The SMILES string of the molecule is CC(C)=CCCC(C)=CCCC(=O)OBr. The Labute approximate surface area is 101 Å². The summed E-state index contributed by atoms with van der Waals surface area (Å²) in [6.45, 7) is 6.30. The van der Waals surface area contributed by atoms with Crippen molar-refractivity contribution in [3.63, 3.8) is 0 Å². The number of carbonyl (C=O) groups excluding carboxylic acids is 1. The fourth-order valence-corrected chi connectivity index (χ4v) is 1.33. The molecule has 0 aromatic heterocycles. The molecule has 0 aliphatic carbocycles. The normalized spacial score (nSPS) is 11.1. The molecular formula is C12H19BrO2. The Morgan fingerprint density at radius 1 is 1.13 bits per heavy atom. The summed E-state index contributed by atoms with van der Waals surface area (Å²) in [6, 6.07) is 0. The van der Waals surface area contributed by atoms with Gasteiger partial charge in [-0.3, -0.25) is 4.79 Å². The smallest absolute Gasteiger partial charge is 0.317 e. The van der Waals surface area contributed by atoms with Crippen LogP contribution >= 0.6 is 16.3 Å². The fraction of sp³-hybridized carbons (Fsp3) is 0.583. The number of hydrogen-bond acceptors (Lipinski definition) is 2. The summed E-state index contributed by atoms with van der Waals surface area (Å²) in [5, 5.41) is 0. The van der Waals surface area contributed by atoms with Crippen molar-refractivity contribution in [1.29, 1.82) is 0 Å². The Kier molecular flexibility index (Phi) is 8.38. The summed E-state index contributed by atoms with van der Waals surface area (Å²) >= 11 is 2.66. The average molecular weight is 275 g/mol. The molecule has 3 heteroatoms. The van der Waals surface area contributed by atoms with E-state index in [1.807, 2.05) is 0 Å². The highest BCUT2D eigenvalue weighted by Gasteiger charge is 1.98. The molecule has 86 valence electrons. The van der Waals surface area contributed by atoms with Gasteiger partial charge >= 0.3 is 5.97 Å². The number of carbonyl (C=O) groups is 1. The molecule has 0 atom stereocenters. The van der Waals surface area contributed by atoms with E-state index in [9.17, 15) is 4.79 Å². The zero-order valence-corrected chi connectivity index (χ0v) is 11.3. The first-order chi connectivity index (χ1) is 7.06. The molecule has 0 bridgehead atoms. The first-order valence-corrected chi connectivity index (χ1v) is 5.81. The van der Waals surface area contributed by atoms with Gasteiger partial charge in [-0.2, -0.15) is 0 Å². The molecule has 0 rings (SSSR count). The quantitative estimate of drug-likeness (QED) is 0.675. The maximum Gasteiger partial charge on any atom is 0.317 e. The van der Waals surface area contributed by atoms with Gasteiger partial charge in [0.25, 0.3) is 0 Å². The minimum Gasteiger partial charge on any atom is -0.384 e. The highest BCUT2D eigenvalue weighted by Crippen LogP contribution is 2.09. The van der Waals surface area contributed by atoms with Gasteiger partial charge < -0.3 is 3.83 Å². The summed E-state index contributed by atoms with van der Waals surface area (Å²) in [4.78, 5) is 10.8. The monoisotopic (exact) mass is 274 g/mol. The van der Waals surface area contributed by atoms with E-state index in [0.717, 1.165) is 19.3 Å². The summed E-state index contributed by atoms with van der Waals surface area (Å²) in [7, 11) is 0. The first-order valence-electron chi connectivity index (χ1n) is 5.16. The molecule has 0 amide bonds. The molecule has 0 saturated carbocycles. The molecule has 0 N–H and O–H groups in total. The van der Waals surface area contributed by atoms with Gasteiger partial charge in [-0.1, -0.05) is 23.3 Å². The van der Waals surface area contributed by atoms with Gasteiger partial charge in [-0.15, -0.1) is 0 Å². The molecule has 0 radical (unpaired) electrons. The van der Waals surface area contributed by atoms with Crippen LogP contribution in [0.2, 0.25) is 0 Å². The predicted molar refractivity (Wildman–Crippen MR) is 66.7 cm³/mol. The molecule has 0 aliphatic rings. The highest BCUT2D eigenvalue weighted by atomic mass is 79.9. The van der Waals surface area contributed by atoms with Crippen LogP contribution < -0.4 is 0 Å². The van der Waals surface area contributed by atoms with Crippen molar-refractivity contribution in [2.75, 3.05) is 0 Å². The Bertz CT molecular complexity index is 250. The maximum absolute atomic E-state index is 10.8. The zero-order chi connectivity index (χ0) is 11.7. The van der Waals surface area contributed by atoms with E-state index in [-0.39, 0.29) is 5.97 Å².